The van der Waals surface area contributed by atoms with Crippen molar-refractivity contribution in [3.05, 3.63) is 0 Å². The van der Waals surface area contributed by atoms with E-state index in [1.165, 1.54) is 4.90 Å². The van der Waals surface area contributed by atoms with Gasteiger partial charge in [-0.15, -0.1) is 0 Å². The topological polar surface area (TPSA) is 77.8 Å². The Kier molecular flexibility index (Phi) is 3.61. The second kappa shape index (κ2) is 4.88. The highest BCUT2D eigenvalue weighted by Crippen LogP contribution is 2.39. The van der Waals surface area contributed by atoms with Crippen LogP contribution in [0.2, 0.25) is 0 Å². The molecule has 5 nitrogen and oxygen atoms in total. The van der Waals surface area contributed by atoms with E-state index in [1.807, 2.05) is 6.92 Å². The summed E-state index contributed by atoms with van der Waals surface area (Å²) in [6.07, 6.45) is 4.29. The highest BCUT2D eigenvalue weighted by Gasteiger charge is 2.45. The summed E-state index contributed by atoms with van der Waals surface area (Å²) in [4.78, 5) is 25.1. The number of aliphatic carboxylic acids is 1. The minimum absolute atomic E-state index is 0.0915. The van der Waals surface area contributed by atoms with Crippen molar-refractivity contribution < 1.29 is 19.8 Å². The van der Waals surface area contributed by atoms with Gasteiger partial charge in [-0.2, -0.15) is 0 Å². The lowest BCUT2D eigenvalue weighted by Crippen LogP contribution is -2.48. The Hall–Kier alpha value is -1.10. The maximum atomic E-state index is 12.5. The predicted molar refractivity (Wildman–Crippen MR) is 65.0 cm³/mol. The number of aliphatic hydroxyl groups is 1. The van der Waals surface area contributed by atoms with Gasteiger partial charge in [-0.3, -0.25) is 4.79 Å². The number of β-amino-alcohol motifs (C(OH)–C–C–N with tert-alkyl or cyclic N) is 1. The van der Waals surface area contributed by atoms with Crippen molar-refractivity contribution in [2.45, 2.75) is 57.6 Å². The van der Waals surface area contributed by atoms with Gasteiger partial charge in [0.25, 0.3) is 0 Å². The van der Waals surface area contributed by atoms with Crippen LogP contribution in [0.5, 0.6) is 0 Å². The second-order valence-corrected chi connectivity index (χ2v) is 5.82. The Morgan fingerprint density at radius 3 is 2.39 bits per heavy atom. The van der Waals surface area contributed by atoms with Crippen molar-refractivity contribution in [1.82, 2.24) is 4.90 Å². The summed E-state index contributed by atoms with van der Waals surface area (Å²) in [5.41, 5.74) is -0.435. The van der Waals surface area contributed by atoms with Crippen molar-refractivity contribution >= 4 is 11.9 Å². The van der Waals surface area contributed by atoms with Crippen LogP contribution >= 0.6 is 0 Å². The van der Waals surface area contributed by atoms with Crippen molar-refractivity contribution in [1.29, 1.82) is 0 Å². The van der Waals surface area contributed by atoms with Crippen molar-refractivity contribution in [2.75, 3.05) is 6.54 Å². The average Bonchev–Trinajstić information content (AvgIpc) is 2.71. The van der Waals surface area contributed by atoms with Crippen LogP contribution in [0.3, 0.4) is 0 Å². The predicted octanol–water partition coefficient (Wildman–Crippen LogP) is 1.00. The molecule has 2 fully saturated rings. The molecule has 2 aliphatic rings. The van der Waals surface area contributed by atoms with E-state index < -0.39 is 23.5 Å². The minimum atomic E-state index is -1.01. The summed E-state index contributed by atoms with van der Waals surface area (Å²) in [7, 11) is 0. The number of likely N-dealkylation sites (tertiary alicyclic amines) is 1. The number of carbonyl (C=O) groups is 2. The SMILES string of the molecule is CC1(C(=O)N2C[C@H](O)C[C@@H]2C(=O)O)CCCCC1. The molecule has 1 aliphatic carbocycles. The number of aliphatic hydroxyl groups excluding tert-OH is 1. The molecule has 5 heteroatoms. The first-order valence-electron chi connectivity index (χ1n) is 6.66. The summed E-state index contributed by atoms with van der Waals surface area (Å²) in [6.45, 7) is 2.09. The highest BCUT2D eigenvalue weighted by atomic mass is 16.4. The quantitative estimate of drug-likeness (QED) is 0.771. The fourth-order valence-corrected chi connectivity index (χ4v) is 3.17. The van der Waals surface area contributed by atoms with Crippen molar-refractivity contribution in [2.24, 2.45) is 5.41 Å². The van der Waals surface area contributed by atoms with Gasteiger partial charge in [-0.25, -0.2) is 4.79 Å². The smallest absolute Gasteiger partial charge is 0.326 e. The Labute approximate surface area is 107 Å². The molecule has 1 saturated heterocycles. The van der Waals surface area contributed by atoms with Crippen LogP contribution in [-0.2, 0) is 9.59 Å². The molecule has 2 N–H and O–H groups in total. The van der Waals surface area contributed by atoms with Gasteiger partial charge in [0.15, 0.2) is 0 Å². The molecular weight excluding hydrogens is 234 g/mol. The maximum absolute atomic E-state index is 12.5. The number of rotatable bonds is 2. The third-order valence-corrected chi connectivity index (χ3v) is 4.30. The summed E-state index contributed by atoms with van der Waals surface area (Å²) < 4.78 is 0. The number of amides is 1. The standard InChI is InChI=1S/C13H21NO4/c1-13(5-3-2-4-6-13)12(18)14-8-9(15)7-10(14)11(16)17/h9-10,15H,2-8H2,1H3,(H,16,17)/t9-,10-/m1/s1. The van der Waals surface area contributed by atoms with E-state index in [-0.39, 0.29) is 18.9 Å². The highest BCUT2D eigenvalue weighted by molar-refractivity contribution is 5.88. The van der Waals surface area contributed by atoms with E-state index in [2.05, 4.69) is 0 Å². The molecule has 2 rings (SSSR count). The Morgan fingerprint density at radius 1 is 1.22 bits per heavy atom. The average molecular weight is 255 g/mol. The van der Waals surface area contributed by atoms with Gasteiger partial charge in [0, 0.05) is 18.4 Å². The van der Waals surface area contributed by atoms with E-state index in [4.69, 9.17) is 5.11 Å². The molecule has 1 heterocycles. The molecule has 1 amide bonds. The molecule has 0 radical (unpaired) electrons. The normalized spacial score (nSPS) is 31.3. The molecule has 102 valence electrons. The zero-order chi connectivity index (χ0) is 13.3. The van der Waals surface area contributed by atoms with Crippen molar-refractivity contribution in [3.8, 4) is 0 Å². The first-order chi connectivity index (χ1) is 8.44. The number of carboxylic acids is 1. The lowest BCUT2D eigenvalue weighted by atomic mass is 9.74. The summed E-state index contributed by atoms with van der Waals surface area (Å²) in [5.74, 6) is -1.11. The first-order valence-corrected chi connectivity index (χ1v) is 6.66. The molecule has 0 unspecified atom stereocenters. The molecular formula is C13H21NO4. The van der Waals surface area contributed by atoms with Gasteiger partial charge in [0.1, 0.15) is 6.04 Å². The number of nitrogens with zero attached hydrogens (tertiary/aromatic N) is 1. The van der Waals surface area contributed by atoms with Crippen LogP contribution < -0.4 is 0 Å². The van der Waals surface area contributed by atoms with Crippen LogP contribution in [0.4, 0.5) is 0 Å². The third-order valence-electron chi connectivity index (χ3n) is 4.30. The van der Waals surface area contributed by atoms with Crippen LogP contribution in [0.15, 0.2) is 0 Å². The van der Waals surface area contributed by atoms with Gasteiger partial charge in [-0.05, 0) is 12.8 Å². The van der Waals surface area contributed by atoms with Gasteiger partial charge in [-0.1, -0.05) is 26.2 Å². The van der Waals surface area contributed by atoms with Gasteiger partial charge in [0.05, 0.1) is 6.10 Å². The first kappa shape index (κ1) is 13.3. The van der Waals surface area contributed by atoms with E-state index >= 15 is 0 Å². The van der Waals surface area contributed by atoms with Crippen LogP contribution in [0, 0.1) is 5.41 Å². The molecule has 0 aromatic carbocycles. The molecule has 18 heavy (non-hydrogen) atoms. The summed E-state index contributed by atoms with van der Waals surface area (Å²) in [5, 5.41) is 18.7. The van der Waals surface area contributed by atoms with E-state index in [9.17, 15) is 14.7 Å². The minimum Gasteiger partial charge on any atom is -0.480 e. The van der Waals surface area contributed by atoms with Crippen LogP contribution in [0.25, 0.3) is 0 Å². The largest absolute Gasteiger partial charge is 0.480 e. The van der Waals surface area contributed by atoms with E-state index in [0.29, 0.717) is 0 Å². The molecule has 1 aliphatic heterocycles. The maximum Gasteiger partial charge on any atom is 0.326 e. The molecule has 2 atom stereocenters. The fourth-order valence-electron chi connectivity index (χ4n) is 3.17. The number of hydrogen-bond acceptors (Lipinski definition) is 3. The third kappa shape index (κ3) is 2.36. The Morgan fingerprint density at radius 2 is 1.83 bits per heavy atom. The molecule has 0 aromatic rings. The van der Waals surface area contributed by atoms with Gasteiger partial charge < -0.3 is 15.1 Å². The Balaban J connectivity index is 2.14. The molecule has 0 bridgehead atoms. The zero-order valence-electron chi connectivity index (χ0n) is 10.8. The van der Waals surface area contributed by atoms with E-state index in [0.717, 1.165) is 32.1 Å². The van der Waals surface area contributed by atoms with Crippen LogP contribution in [0.1, 0.15) is 45.4 Å². The zero-order valence-corrected chi connectivity index (χ0v) is 10.8. The number of carboxylic acid groups (broad SMARTS) is 1. The van der Waals surface area contributed by atoms with Crippen LogP contribution in [-0.4, -0.2) is 45.7 Å². The van der Waals surface area contributed by atoms with Gasteiger partial charge in [0.2, 0.25) is 5.91 Å². The lowest BCUT2D eigenvalue weighted by molar-refractivity contribution is -0.153. The fraction of sp³-hybridized carbons (Fsp3) is 0.846. The summed E-state index contributed by atoms with van der Waals surface area (Å²) in [6, 6.07) is -0.855. The molecule has 0 aromatic heterocycles. The number of hydrogen-bond donors (Lipinski definition) is 2. The van der Waals surface area contributed by atoms with Gasteiger partial charge >= 0.3 is 5.97 Å². The Bertz CT molecular complexity index is 349. The summed E-state index contributed by atoms with van der Waals surface area (Å²) >= 11 is 0. The van der Waals surface area contributed by atoms with E-state index in [1.54, 1.807) is 0 Å². The molecule has 1 saturated carbocycles. The molecule has 0 spiro atoms. The number of carbonyl (C=O) groups excluding carboxylic acids is 1. The second-order valence-electron chi connectivity index (χ2n) is 5.82. The lowest BCUT2D eigenvalue weighted by Gasteiger charge is -2.36. The monoisotopic (exact) mass is 255 g/mol. The van der Waals surface area contributed by atoms with Crippen molar-refractivity contribution in [3.63, 3.8) is 0 Å².